The summed E-state index contributed by atoms with van der Waals surface area (Å²) < 4.78 is 0. The third-order valence-electron chi connectivity index (χ3n) is 5.34. The number of para-hydroxylation sites is 1. The van der Waals surface area contributed by atoms with Crippen LogP contribution >= 0.6 is 12.4 Å². The zero-order valence-electron chi connectivity index (χ0n) is 14.0. The Morgan fingerprint density at radius 3 is 2.61 bits per heavy atom. The maximum Gasteiger partial charge on any atom is 0.238 e. The fourth-order valence-corrected chi connectivity index (χ4v) is 4.13. The Bertz CT molecular complexity index is 543. The number of carbonyl (C=O) groups is 1. The minimum atomic E-state index is 0. The number of amides is 1. The summed E-state index contributed by atoms with van der Waals surface area (Å²) >= 11 is 0. The van der Waals surface area contributed by atoms with Gasteiger partial charge in [0.15, 0.2) is 0 Å². The Hall–Kier alpha value is -1.10. The summed E-state index contributed by atoms with van der Waals surface area (Å²) in [6.45, 7) is 6.55. The summed E-state index contributed by atoms with van der Waals surface area (Å²) in [5.41, 5.74) is 9.44. The molecule has 1 saturated heterocycles. The molecule has 1 aromatic rings. The van der Waals surface area contributed by atoms with Crippen molar-refractivity contribution in [3.63, 3.8) is 0 Å². The quantitative estimate of drug-likeness (QED) is 0.891. The predicted octanol–water partition coefficient (Wildman–Crippen LogP) is 2.72. The average Bonchev–Trinajstić information content (AvgIpc) is 2.87. The topological polar surface area (TPSA) is 58.4 Å². The molecule has 5 heteroatoms. The van der Waals surface area contributed by atoms with Gasteiger partial charge in [-0.15, -0.1) is 12.4 Å². The number of hydrogen-bond acceptors (Lipinski definition) is 3. The number of hydrogen-bond donors (Lipinski definition) is 2. The lowest BCUT2D eigenvalue weighted by molar-refractivity contribution is -0.117. The molecule has 1 heterocycles. The molecule has 0 aromatic heterocycles. The number of carbonyl (C=O) groups excluding carboxylic acids is 1. The van der Waals surface area contributed by atoms with Gasteiger partial charge < -0.3 is 11.1 Å². The van der Waals surface area contributed by atoms with Crippen molar-refractivity contribution in [2.45, 2.75) is 39.2 Å². The molecule has 1 aromatic carbocycles. The molecule has 2 fully saturated rings. The number of halogens is 1. The van der Waals surface area contributed by atoms with E-state index in [1.165, 1.54) is 12.8 Å². The minimum absolute atomic E-state index is 0. The third kappa shape index (κ3) is 4.06. The number of nitrogens with one attached hydrogen (secondary N) is 1. The fourth-order valence-electron chi connectivity index (χ4n) is 4.13. The summed E-state index contributed by atoms with van der Waals surface area (Å²) in [5, 5.41) is 3.09. The van der Waals surface area contributed by atoms with Crippen LogP contribution in [-0.4, -0.2) is 36.5 Å². The molecule has 3 atom stereocenters. The highest BCUT2D eigenvalue weighted by Gasteiger charge is 2.38. The number of aryl methyl sites for hydroxylation is 2. The van der Waals surface area contributed by atoms with E-state index < -0.39 is 0 Å². The van der Waals surface area contributed by atoms with Gasteiger partial charge in [-0.25, -0.2) is 0 Å². The highest BCUT2D eigenvalue weighted by Crippen LogP contribution is 2.35. The van der Waals surface area contributed by atoms with E-state index in [4.69, 9.17) is 5.73 Å². The van der Waals surface area contributed by atoms with Crippen LogP contribution in [0, 0.1) is 25.7 Å². The van der Waals surface area contributed by atoms with E-state index in [2.05, 4.69) is 10.2 Å². The van der Waals surface area contributed by atoms with Crippen LogP contribution in [0.4, 0.5) is 5.69 Å². The van der Waals surface area contributed by atoms with Crippen LogP contribution < -0.4 is 11.1 Å². The van der Waals surface area contributed by atoms with Gasteiger partial charge in [0.25, 0.3) is 0 Å². The summed E-state index contributed by atoms with van der Waals surface area (Å²) in [4.78, 5) is 14.7. The van der Waals surface area contributed by atoms with E-state index in [1.54, 1.807) is 0 Å². The van der Waals surface area contributed by atoms with Crippen LogP contribution in [-0.2, 0) is 4.79 Å². The van der Waals surface area contributed by atoms with Crippen molar-refractivity contribution in [1.29, 1.82) is 0 Å². The monoisotopic (exact) mass is 337 g/mol. The molecule has 0 spiro atoms. The Morgan fingerprint density at radius 1 is 1.26 bits per heavy atom. The second-order valence-electron chi connectivity index (χ2n) is 7.03. The molecule has 1 amide bonds. The van der Waals surface area contributed by atoms with Gasteiger partial charge in [-0.05, 0) is 49.7 Å². The summed E-state index contributed by atoms with van der Waals surface area (Å²) in [7, 11) is 0. The number of anilines is 1. The molecular weight excluding hydrogens is 310 g/mol. The SMILES string of the molecule is Cc1cccc(C)c1NC(=O)CN1CC2CCCC(N)C2C1.Cl. The zero-order chi connectivity index (χ0) is 15.7. The zero-order valence-corrected chi connectivity index (χ0v) is 14.9. The average molecular weight is 338 g/mol. The van der Waals surface area contributed by atoms with Gasteiger partial charge in [0.2, 0.25) is 5.91 Å². The van der Waals surface area contributed by atoms with Crippen LogP contribution in [0.2, 0.25) is 0 Å². The molecule has 2 aliphatic rings. The van der Waals surface area contributed by atoms with Gasteiger partial charge in [-0.1, -0.05) is 24.6 Å². The molecule has 1 saturated carbocycles. The largest absolute Gasteiger partial charge is 0.327 e. The highest BCUT2D eigenvalue weighted by atomic mass is 35.5. The van der Waals surface area contributed by atoms with Crippen LogP contribution in [0.5, 0.6) is 0 Å². The van der Waals surface area contributed by atoms with Gasteiger partial charge in [0.05, 0.1) is 6.54 Å². The van der Waals surface area contributed by atoms with Crippen molar-refractivity contribution in [2.24, 2.45) is 17.6 Å². The minimum Gasteiger partial charge on any atom is -0.327 e. The van der Waals surface area contributed by atoms with Gasteiger partial charge in [-0.3, -0.25) is 9.69 Å². The molecule has 0 bridgehead atoms. The maximum atomic E-state index is 12.4. The summed E-state index contributed by atoms with van der Waals surface area (Å²) in [6.07, 6.45) is 3.65. The molecule has 4 nitrogen and oxygen atoms in total. The van der Waals surface area contributed by atoms with Gasteiger partial charge in [0, 0.05) is 24.8 Å². The van der Waals surface area contributed by atoms with E-state index >= 15 is 0 Å². The molecule has 1 aliphatic heterocycles. The number of rotatable bonds is 3. The van der Waals surface area contributed by atoms with E-state index in [-0.39, 0.29) is 18.3 Å². The number of nitrogens with two attached hydrogens (primary N) is 1. The van der Waals surface area contributed by atoms with E-state index in [0.29, 0.717) is 24.4 Å². The summed E-state index contributed by atoms with van der Waals surface area (Å²) in [6, 6.07) is 6.41. The van der Waals surface area contributed by atoms with E-state index in [1.807, 2.05) is 32.0 Å². The Kier molecular flexibility index (Phi) is 6.06. The van der Waals surface area contributed by atoms with Crippen molar-refractivity contribution in [3.05, 3.63) is 29.3 Å². The van der Waals surface area contributed by atoms with Crippen molar-refractivity contribution < 1.29 is 4.79 Å². The van der Waals surface area contributed by atoms with Crippen LogP contribution in [0.1, 0.15) is 30.4 Å². The molecular formula is C18H28ClN3O. The first-order chi connectivity index (χ1) is 10.5. The first kappa shape index (κ1) is 18.2. The van der Waals surface area contributed by atoms with Gasteiger partial charge in [0.1, 0.15) is 0 Å². The van der Waals surface area contributed by atoms with Gasteiger partial charge >= 0.3 is 0 Å². The Labute approximate surface area is 145 Å². The smallest absolute Gasteiger partial charge is 0.238 e. The van der Waals surface area contributed by atoms with Gasteiger partial charge in [-0.2, -0.15) is 0 Å². The predicted molar refractivity (Wildman–Crippen MR) is 97.0 cm³/mol. The second-order valence-corrected chi connectivity index (χ2v) is 7.03. The normalized spacial score (nSPS) is 27.2. The Balaban J connectivity index is 0.00000192. The first-order valence-electron chi connectivity index (χ1n) is 8.38. The first-order valence-corrected chi connectivity index (χ1v) is 8.38. The van der Waals surface area contributed by atoms with Crippen molar-refractivity contribution in [3.8, 4) is 0 Å². The molecule has 128 valence electrons. The Morgan fingerprint density at radius 2 is 1.96 bits per heavy atom. The lowest BCUT2D eigenvalue weighted by Gasteiger charge is -2.29. The maximum absolute atomic E-state index is 12.4. The number of likely N-dealkylation sites (tertiary alicyclic amines) is 1. The van der Waals surface area contributed by atoms with Crippen molar-refractivity contribution >= 4 is 24.0 Å². The number of benzene rings is 1. The van der Waals surface area contributed by atoms with Crippen LogP contribution in [0.15, 0.2) is 18.2 Å². The van der Waals surface area contributed by atoms with Crippen LogP contribution in [0.25, 0.3) is 0 Å². The van der Waals surface area contributed by atoms with E-state index in [0.717, 1.165) is 36.3 Å². The van der Waals surface area contributed by atoms with E-state index in [9.17, 15) is 4.79 Å². The van der Waals surface area contributed by atoms with Crippen molar-refractivity contribution in [1.82, 2.24) is 4.90 Å². The molecule has 23 heavy (non-hydrogen) atoms. The highest BCUT2D eigenvalue weighted by molar-refractivity contribution is 5.93. The molecule has 3 unspecified atom stereocenters. The lowest BCUT2D eigenvalue weighted by Crippen LogP contribution is -2.38. The fraction of sp³-hybridized carbons (Fsp3) is 0.611. The second kappa shape index (κ2) is 7.65. The molecule has 0 radical (unpaired) electrons. The lowest BCUT2D eigenvalue weighted by atomic mass is 9.78. The van der Waals surface area contributed by atoms with Crippen molar-refractivity contribution in [2.75, 3.05) is 25.0 Å². The molecule has 3 rings (SSSR count). The molecule has 3 N–H and O–H groups in total. The number of nitrogens with zero attached hydrogens (tertiary/aromatic N) is 1. The molecule has 1 aliphatic carbocycles. The standard InChI is InChI=1S/C18H27N3O.ClH/c1-12-5-3-6-13(2)18(12)20-17(22)11-21-9-14-7-4-8-16(19)15(14)10-21;/h3,5-6,14-16H,4,7-11,19H2,1-2H3,(H,20,22);1H. The van der Waals surface area contributed by atoms with Crippen LogP contribution in [0.3, 0.4) is 0 Å². The third-order valence-corrected chi connectivity index (χ3v) is 5.34. The summed E-state index contributed by atoms with van der Waals surface area (Å²) in [5.74, 6) is 1.36. The number of fused-ring (bicyclic) bond motifs is 1.